The first-order chi connectivity index (χ1) is 11.1. The fourth-order valence-electron chi connectivity index (χ4n) is 3.23. The van der Waals surface area contributed by atoms with Crippen molar-refractivity contribution in [1.82, 2.24) is 15.5 Å². The molecule has 1 rings (SSSR count). The summed E-state index contributed by atoms with van der Waals surface area (Å²) in [5.41, 5.74) is -0.395. The lowest BCUT2D eigenvalue weighted by molar-refractivity contribution is -0.139. The van der Waals surface area contributed by atoms with Crippen LogP contribution >= 0.6 is 0 Å². The lowest BCUT2D eigenvalue weighted by Gasteiger charge is -2.42. The SMILES string of the molecule is CCN(CC(=O)O)C1CC(NC(=O)NCC(C)(C)C(O)C(C)C)C1. The van der Waals surface area contributed by atoms with Crippen molar-refractivity contribution in [2.24, 2.45) is 11.3 Å². The van der Waals surface area contributed by atoms with Crippen LogP contribution < -0.4 is 10.6 Å². The highest BCUT2D eigenvalue weighted by Crippen LogP contribution is 2.26. The second kappa shape index (κ2) is 8.67. The fraction of sp³-hybridized carbons (Fsp3) is 0.882. The number of rotatable bonds is 9. The maximum Gasteiger partial charge on any atom is 0.317 e. The normalized spacial score (nSPS) is 22.2. The molecule has 0 aromatic rings. The minimum atomic E-state index is -0.822. The summed E-state index contributed by atoms with van der Waals surface area (Å²) in [7, 11) is 0. The van der Waals surface area contributed by atoms with Crippen molar-refractivity contribution in [3.8, 4) is 0 Å². The molecule has 0 saturated heterocycles. The van der Waals surface area contributed by atoms with Gasteiger partial charge in [0.2, 0.25) is 0 Å². The molecular formula is C17H33N3O4. The van der Waals surface area contributed by atoms with Gasteiger partial charge >= 0.3 is 12.0 Å². The van der Waals surface area contributed by atoms with E-state index in [1.807, 2.05) is 39.5 Å². The number of carboxylic acid groups (broad SMARTS) is 1. The minimum absolute atomic E-state index is 0.0430. The van der Waals surface area contributed by atoms with Crippen LogP contribution in [0.3, 0.4) is 0 Å². The molecule has 1 saturated carbocycles. The molecule has 1 unspecified atom stereocenters. The first-order valence-corrected chi connectivity index (χ1v) is 8.75. The molecule has 0 spiro atoms. The summed E-state index contributed by atoms with van der Waals surface area (Å²) in [4.78, 5) is 24.7. The van der Waals surface area contributed by atoms with E-state index < -0.39 is 17.5 Å². The number of urea groups is 1. The lowest BCUT2D eigenvalue weighted by Crippen LogP contribution is -2.57. The highest BCUT2D eigenvalue weighted by molar-refractivity contribution is 5.74. The van der Waals surface area contributed by atoms with Gasteiger partial charge in [0.25, 0.3) is 0 Å². The van der Waals surface area contributed by atoms with Crippen LogP contribution in [-0.2, 0) is 4.79 Å². The Bertz CT molecular complexity index is 434. The summed E-state index contributed by atoms with van der Waals surface area (Å²) < 4.78 is 0. The van der Waals surface area contributed by atoms with Crippen molar-refractivity contribution in [2.75, 3.05) is 19.6 Å². The van der Waals surface area contributed by atoms with E-state index in [1.54, 1.807) is 0 Å². The second-order valence-corrected chi connectivity index (χ2v) is 7.78. The Morgan fingerprint density at radius 2 is 1.88 bits per heavy atom. The third kappa shape index (κ3) is 5.94. The molecule has 7 heteroatoms. The van der Waals surface area contributed by atoms with Gasteiger partial charge in [-0.15, -0.1) is 0 Å². The lowest BCUT2D eigenvalue weighted by atomic mass is 9.81. The Morgan fingerprint density at radius 3 is 2.33 bits per heavy atom. The number of hydrogen-bond donors (Lipinski definition) is 4. The van der Waals surface area contributed by atoms with Crippen molar-refractivity contribution >= 4 is 12.0 Å². The average Bonchev–Trinajstić information content (AvgIpc) is 2.45. The highest BCUT2D eigenvalue weighted by atomic mass is 16.4. The maximum atomic E-state index is 12.0. The molecule has 0 heterocycles. The zero-order valence-corrected chi connectivity index (χ0v) is 15.5. The fourth-order valence-corrected chi connectivity index (χ4v) is 3.23. The summed E-state index contributed by atoms with van der Waals surface area (Å²) in [6.07, 6.45) is 1.05. The second-order valence-electron chi connectivity index (χ2n) is 7.78. The molecule has 0 aromatic heterocycles. The molecule has 0 aromatic carbocycles. The van der Waals surface area contributed by atoms with Crippen LogP contribution in [0.25, 0.3) is 0 Å². The van der Waals surface area contributed by atoms with Crippen molar-refractivity contribution in [2.45, 2.75) is 65.6 Å². The van der Waals surface area contributed by atoms with Crippen molar-refractivity contribution in [3.63, 3.8) is 0 Å². The van der Waals surface area contributed by atoms with Gasteiger partial charge in [-0.1, -0.05) is 34.6 Å². The van der Waals surface area contributed by atoms with Gasteiger partial charge in [-0.3, -0.25) is 9.69 Å². The number of nitrogens with zero attached hydrogens (tertiary/aromatic N) is 1. The molecular weight excluding hydrogens is 310 g/mol. The molecule has 0 aliphatic heterocycles. The number of amides is 2. The van der Waals surface area contributed by atoms with Crippen molar-refractivity contribution in [3.05, 3.63) is 0 Å². The third-order valence-corrected chi connectivity index (χ3v) is 4.85. The summed E-state index contributed by atoms with van der Waals surface area (Å²) in [5.74, 6) is -0.691. The van der Waals surface area contributed by atoms with Crippen LogP contribution in [0.2, 0.25) is 0 Å². The van der Waals surface area contributed by atoms with E-state index in [0.29, 0.717) is 13.1 Å². The molecule has 0 radical (unpaired) electrons. The van der Waals surface area contributed by atoms with Gasteiger partial charge in [-0.2, -0.15) is 0 Å². The monoisotopic (exact) mass is 343 g/mol. The van der Waals surface area contributed by atoms with Gasteiger partial charge in [0.1, 0.15) is 0 Å². The standard InChI is InChI=1S/C17H33N3O4/c1-6-20(9-14(21)22)13-7-12(8-13)19-16(24)18-10-17(4,5)15(23)11(2)3/h11-13,15,23H,6-10H2,1-5H3,(H,21,22)(H2,18,19,24). The van der Waals surface area contributed by atoms with Crippen LogP contribution in [0.5, 0.6) is 0 Å². The summed E-state index contributed by atoms with van der Waals surface area (Å²) in [6, 6.07) is 0.0651. The molecule has 7 nitrogen and oxygen atoms in total. The van der Waals surface area contributed by atoms with Gasteiger partial charge in [-0.05, 0) is 25.3 Å². The van der Waals surface area contributed by atoms with Gasteiger partial charge in [0.15, 0.2) is 0 Å². The molecule has 1 aliphatic rings. The number of likely N-dealkylation sites (N-methyl/N-ethyl adjacent to an activating group) is 1. The number of nitrogens with one attached hydrogen (secondary N) is 2. The topological polar surface area (TPSA) is 102 Å². The van der Waals surface area contributed by atoms with Gasteiger partial charge in [-0.25, -0.2) is 4.79 Å². The van der Waals surface area contributed by atoms with Crippen molar-refractivity contribution < 1.29 is 19.8 Å². The molecule has 0 bridgehead atoms. The molecule has 24 heavy (non-hydrogen) atoms. The molecule has 1 atom stereocenters. The number of aliphatic hydroxyl groups is 1. The predicted molar refractivity (Wildman–Crippen MR) is 92.9 cm³/mol. The predicted octanol–water partition coefficient (Wildman–Crippen LogP) is 1.27. The smallest absolute Gasteiger partial charge is 0.317 e. The van der Waals surface area contributed by atoms with Crippen LogP contribution in [-0.4, -0.2) is 64.9 Å². The Morgan fingerprint density at radius 1 is 1.29 bits per heavy atom. The molecule has 1 fully saturated rings. The van der Waals surface area contributed by atoms with Crippen LogP contribution in [0.4, 0.5) is 4.79 Å². The van der Waals surface area contributed by atoms with Crippen LogP contribution in [0, 0.1) is 11.3 Å². The Kier molecular flexibility index (Phi) is 7.48. The quantitative estimate of drug-likeness (QED) is 0.505. The molecule has 2 amide bonds. The van der Waals surface area contributed by atoms with E-state index >= 15 is 0 Å². The van der Waals surface area contributed by atoms with Crippen LogP contribution in [0.15, 0.2) is 0 Å². The number of aliphatic hydroxyl groups excluding tert-OH is 1. The highest BCUT2D eigenvalue weighted by Gasteiger charge is 2.35. The van der Waals surface area contributed by atoms with E-state index in [-0.39, 0.29) is 30.6 Å². The third-order valence-electron chi connectivity index (χ3n) is 4.85. The zero-order chi connectivity index (χ0) is 18.5. The summed E-state index contributed by atoms with van der Waals surface area (Å²) >= 11 is 0. The Labute approximate surface area is 144 Å². The largest absolute Gasteiger partial charge is 0.480 e. The van der Waals surface area contributed by atoms with Gasteiger partial charge in [0, 0.05) is 24.0 Å². The molecule has 4 N–H and O–H groups in total. The molecule has 1 aliphatic carbocycles. The van der Waals surface area contributed by atoms with E-state index in [2.05, 4.69) is 10.6 Å². The maximum absolute atomic E-state index is 12.0. The Hall–Kier alpha value is -1.34. The Balaban J connectivity index is 2.32. The van der Waals surface area contributed by atoms with E-state index in [9.17, 15) is 14.7 Å². The van der Waals surface area contributed by atoms with E-state index in [0.717, 1.165) is 12.8 Å². The van der Waals surface area contributed by atoms with Crippen molar-refractivity contribution in [1.29, 1.82) is 0 Å². The number of carbonyl (C=O) groups is 2. The first-order valence-electron chi connectivity index (χ1n) is 8.75. The van der Waals surface area contributed by atoms with E-state index in [4.69, 9.17) is 5.11 Å². The number of carbonyl (C=O) groups excluding carboxylic acids is 1. The minimum Gasteiger partial charge on any atom is -0.480 e. The van der Waals surface area contributed by atoms with Gasteiger partial charge < -0.3 is 20.8 Å². The number of aliphatic carboxylic acids is 1. The zero-order valence-electron chi connectivity index (χ0n) is 15.5. The summed E-state index contributed by atoms with van der Waals surface area (Å²) in [6.45, 7) is 10.9. The average molecular weight is 343 g/mol. The van der Waals surface area contributed by atoms with Gasteiger partial charge in [0.05, 0.1) is 12.6 Å². The number of hydrogen-bond acceptors (Lipinski definition) is 4. The van der Waals surface area contributed by atoms with E-state index in [1.165, 1.54) is 0 Å². The van der Waals surface area contributed by atoms with Crippen LogP contribution in [0.1, 0.15) is 47.5 Å². The molecule has 140 valence electrons. The summed E-state index contributed by atoms with van der Waals surface area (Å²) in [5, 5.41) is 24.8. The number of carboxylic acids is 1. The first kappa shape index (κ1) is 20.7.